The van der Waals surface area contributed by atoms with Gasteiger partial charge < -0.3 is 5.32 Å². The van der Waals surface area contributed by atoms with Crippen LogP contribution in [0.25, 0.3) is 6.08 Å². The maximum absolute atomic E-state index is 5.73. The molecule has 1 aromatic heterocycles. The Morgan fingerprint density at radius 1 is 1.62 bits per heavy atom. The van der Waals surface area contributed by atoms with Gasteiger partial charge in [-0.15, -0.1) is 0 Å². The smallest absolute Gasteiger partial charge is 0.129 e. The van der Waals surface area contributed by atoms with Crippen LogP contribution >= 0.6 is 11.6 Å². The van der Waals surface area contributed by atoms with E-state index in [1.807, 2.05) is 26.1 Å². The van der Waals surface area contributed by atoms with Crippen LogP contribution < -0.4 is 5.32 Å². The van der Waals surface area contributed by atoms with Gasteiger partial charge in [0, 0.05) is 12.7 Å². The van der Waals surface area contributed by atoms with Crippen molar-refractivity contribution >= 4 is 17.7 Å². The SMILES string of the molecule is CNCC=Cc1cnc(Cl)cc1C. The van der Waals surface area contributed by atoms with E-state index in [1.165, 1.54) is 0 Å². The summed E-state index contributed by atoms with van der Waals surface area (Å²) in [6, 6.07) is 1.86. The lowest BCUT2D eigenvalue weighted by Gasteiger charge is -1.99. The van der Waals surface area contributed by atoms with Crippen molar-refractivity contribution < 1.29 is 0 Å². The second-order valence-corrected chi connectivity index (χ2v) is 3.21. The first-order chi connectivity index (χ1) is 6.24. The Bertz CT molecular complexity index is 308. The second-order valence-electron chi connectivity index (χ2n) is 2.82. The molecular formula is C10H13ClN2. The van der Waals surface area contributed by atoms with Gasteiger partial charge in [-0.1, -0.05) is 23.8 Å². The van der Waals surface area contributed by atoms with Crippen molar-refractivity contribution in [2.75, 3.05) is 13.6 Å². The fourth-order valence-corrected chi connectivity index (χ4v) is 1.22. The van der Waals surface area contributed by atoms with Crippen molar-refractivity contribution in [2.45, 2.75) is 6.92 Å². The van der Waals surface area contributed by atoms with Crippen molar-refractivity contribution in [3.05, 3.63) is 34.6 Å². The summed E-state index contributed by atoms with van der Waals surface area (Å²) < 4.78 is 0. The zero-order valence-corrected chi connectivity index (χ0v) is 8.60. The Balaban J connectivity index is 2.77. The van der Waals surface area contributed by atoms with Crippen LogP contribution in [0.15, 0.2) is 18.3 Å². The molecule has 0 radical (unpaired) electrons. The van der Waals surface area contributed by atoms with E-state index in [-0.39, 0.29) is 0 Å². The topological polar surface area (TPSA) is 24.9 Å². The summed E-state index contributed by atoms with van der Waals surface area (Å²) in [5.41, 5.74) is 2.26. The van der Waals surface area contributed by atoms with Crippen LogP contribution in [0.1, 0.15) is 11.1 Å². The van der Waals surface area contributed by atoms with Crippen LogP contribution in [0.3, 0.4) is 0 Å². The number of hydrogen-bond donors (Lipinski definition) is 1. The Hall–Kier alpha value is -0.860. The molecule has 0 aliphatic heterocycles. The predicted molar refractivity (Wildman–Crippen MR) is 56.9 cm³/mol. The molecule has 1 rings (SSSR count). The summed E-state index contributed by atoms with van der Waals surface area (Å²) in [5, 5.41) is 3.58. The molecule has 0 fully saturated rings. The Morgan fingerprint density at radius 2 is 2.38 bits per heavy atom. The third-order valence-electron chi connectivity index (χ3n) is 1.74. The molecule has 0 amide bonds. The van der Waals surface area contributed by atoms with Gasteiger partial charge in [-0.05, 0) is 31.2 Å². The van der Waals surface area contributed by atoms with Crippen molar-refractivity contribution in [2.24, 2.45) is 0 Å². The van der Waals surface area contributed by atoms with Gasteiger partial charge in [0.2, 0.25) is 0 Å². The van der Waals surface area contributed by atoms with Gasteiger partial charge in [-0.3, -0.25) is 0 Å². The van der Waals surface area contributed by atoms with Crippen LogP contribution in [-0.4, -0.2) is 18.6 Å². The average molecular weight is 197 g/mol. The van der Waals surface area contributed by atoms with E-state index in [0.29, 0.717) is 5.15 Å². The van der Waals surface area contributed by atoms with Crippen LogP contribution in [0.4, 0.5) is 0 Å². The van der Waals surface area contributed by atoms with E-state index >= 15 is 0 Å². The minimum atomic E-state index is 0.545. The molecular weight excluding hydrogens is 184 g/mol. The molecule has 0 aromatic carbocycles. The molecule has 0 saturated carbocycles. The minimum Gasteiger partial charge on any atom is -0.316 e. The lowest BCUT2D eigenvalue weighted by atomic mass is 10.1. The molecule has 0 unspecified atom stereocenters. The zero-order valence-electron chi connectivity index (χ0n) is 7.84. The number of nitrogens with zero attached hydrogens (tertiary/aromatic N) is 1. The van der Waals surface area contributed by atoms with Crippen LogP contribution in [-0.2, 0) is 0 Å². The number of halogens is 1. The number of aryl methyl sites for hydroxylation is 1. The third-order valence-corrected chi connectivity index (χ3v) is 1.94. The fourth-order valence-electron chi connectivity index (χ4n) is 1.01. The Labute approximate surface area is 83.6 Å². The maximum atomic E-state index is 5.73. The molecule has 0 bridgehead atoms. The van der Waals surface area contributed by atoms with Crippen LogP contribution in [0.2, 0.25) is 5.15 Å². The van der Waals surface area contributed by atoms with Crippen molar-refractivity contribution in [3.8, 4) is 0 Å². The van der Waals surface area contributed by atoms with Gasteiger partial charge in [0.15, 0.2) is 0 Å². The third kappa shape index (κ3) is 3.17. The van der Waals surface area contributed by atoms with Gasteiger partial charge >= 0.3 is 0 Å². The average Bonchev–Trinajstić information content (AvgIpc) is 2.09. The number of likely N-dealkylation sites (N-methyl/N-ethyl adjacent to an activating group) is 1. The van der Waals surface area contributed by atoms with Crippen molar-refractivity contribution in [1.29, 1.82) is 0 Å². The highest BCUT2D eigenvalue weighted by atomic mass is 35.5. The first kappa shape index (κ1) is 10.2. The lowest BCUT2D eigenvalue weighted by Crippen LogP contribution is -2.03. The number of aromatic nitrogens is 1. The van der Waals surface area contributed by atoms with E-state index in [1.54, 1.807) is 6.20 Å². The lowest BCUT2D eigenvalue weighted by molar-refractivity contribution is 0.922. The molecule has 0 aliphatic rings. The van der Waals surface area contributed by atoms with Gasteiger partial charge in [-0.25, -0.2) is 4.98 Å². The number of hydrogen-bond acceptors (Lipinski definition) is 2. The fraction of sp³-hybridized carbons (Fsp3) is 0.300. The molecule has 3 heteroatoms. The standard InChI is InChI=1S/C10H13ClN2/c1-8-6-10(11)13-7-9(8)4-3-5-12-2/h3-4,6-7,12H,5H2,1-2H3. The molecule has 1 N–H and O–H groups in total. The molecule has 2 nitrogen and oxygen atoms in total. The number of rotatable bonds is 3. The van der Waals surface area contributed by atoms with Gasteiger partial charge in [0.05, 0.1) is 0 Å². The zero-order chi connectivity index (χ0) is 9.68. The maximum Gasteiger partial charge on any atom is 0.129 e. The van der Waals surface area contributed by atoms with E-state index in [9.17, 15) is 0 Å². The molecule has 13 heavy (non-hydrogen) atoms. The van der Waals surface area contributed by atoms with E-state index in [0.717, 1.165) is 17.7 Å². The summed E-state index contributed by atoms with van der Waals surface area (Å²) in [7, 11) is 1.91. The van der Waals surface area contributed by atoms with E-state index in [2.05, 4.69) is 16.4 Å². The molecule has 0 saturated heterocycles. The molecule has 1 heterocycles. The monoisotopic (exact) mass is 196 g/mol. The van der Waals surface area contributed by atoms with Gasteiger partial charge in [0.1, 0.15) is 5.15 Å². The summed E-state index contributed by atoms with van der Waals surface area (Å²) in [4.78, 5) is 4.01. The van der Waals surface area contributed by atoms with Crippen LogP contribution in [0, 0.1) is 6.92 Å². The molecule has 0 aliphatic carbocycles. The highest BCUT2D eigenvalue weighted by Gasteiger charge is 1.95. The highest BCUT2D eigenvalue weighted by molar-refractivity contribution is 6.29. The normalized spacial score (nSPS) is 11.0. The number of pyridine rings is 1. The first-order valence-electron chi connectivity index (χ1n) is 4.17. The van der Waals surface area contributed by atoms with Gasteiger partial charge in [-0.2, -0.15) is 0 Å². The predicted octanol–water partition coefficient (Wildman–Crippen LogP) is 2.28. The van der Waals surface area contributed by atoms with Crippen LogP contribution in [0.5, 0.6) is 0 Å². The molecule has 70 valence electrons. The highest BCUT2D eigenvalue weighted by Crippen LogP contribution is 2.12. The van der Waals surface area contributed by atoms with Crippen molar-refractivity contribution in [3.63, 3.8) is 0 Å². The molecule has 0 atom stereocenters. The van der Waals surface area contributed by atoms with E-state index < -0.39 is 0 Å². The summed E-state index contributed by atoms with van der Waals surface area (Å²) in [6.45, 7) is 2.88. The van der Waals surface area contributed by atoms with Crippen molar-refractivity contribution in [1.82, 2.24) is 10.3 Å². The largest absolute Gasteiger partial charge is 0.316 e. The van der Waals surface area contributed by atoms with E-state index in [4.69, 9.17) is 11.6 Å². The minimum absolute atomic E-state index is 0.545. The summed E-state index contributed by atoms with van der Waals surface area (Å²) in [5.74, 6) is 0. The molecule has 1 aromatic rings. The molecule has 0 spiro atoms. The Morgan fingerprint density at radius 3 is 3.00 bits per heavy atom. The summed E-state index contributed by atoms with van der Waals surface area (Å²) in [6.07, 6.45) is 5.87. The van der Waals surface area contributed by atoms with Gasteiger partial charge in [0.25, 0.3) is 0 Å². The second kappa shape index (κ2) is 5.00. The first-order valence-corrected chi connectivity index (χ1v) is 4.55. The number of nitrogens with one attached hydrogen (secondary N) is 1. The Kier molecular flexibility index (Phi) is 3.93. The summed E-state index contributed by atoms with van der Waals surface area (Å²) >= 11 is 5.73. The quantitative estimate of drug-likeness (QED) is 0.751.